The Balaban J connectivity index is 1.25. The number of nitrogens with zero attached hydrogens (tertiary/aromatic N) is 2. The van der Waals surface area contributed by atoms with Gasteiger partial charge in [-0.15, -0.1) is 0 Å². The normalized spacial score (nSPS) is 19.8. The number of pyridine rings is 1. The van der Waals surface area contributed by atoms with Crippen molar-refractivity contribution in [1.29, 1.82) is 0 Å². The molecule has 2 atom stereocenters. The number of hydrogen-bond donors (Lipinski definition) is 1. The van der Waals surface area contributed by atoms with E-state index < -0.39 is 0 Å². The van der Waals surface area contributed by atoms with Crippen molar-refractivity contribution < 1.29 is 14.0 Å². The van der Waals surface area contributed by atoms with Gasteiger partial charge in [-0.3, -0.25) is 14.4 Å². The van der Waals surface area contributed by atoms with Gasteiger partial charge in [0.2, 0.25) is 11.8 Å². The first-order valence-corrected chi connectivity index (χ1v) is 10.5. The Kier molecular flexibility index (Phi) is 5.97. The molecule has 1 saturated heterocycles. The molecule has 1 aromatic carbocycles. The molecule has 6 nitrogen and oxygen atoms in total. The second-order valence-electron chi connectivity index (χ2n) is 8.19. The van der Waals surface area contributed by atoms with Gasteiger partial charge in [-0.1, -0.05) is 24.3 Å². The van der Waals surface area contributed by atoms with E-state index in [4.69, 9.17) is 0 Å². The van der Waals surface area contributed by atoms with Gasteiger partial charge < -0.3 is 14.8 Å². The third-order valence-electron chi connectivity index (χ3n) is 6.07. The zero-order chi connectivity index (χ0) is 21.1. The van der Waals surface area contributed by atoms with Gasteiger partial charge in [0.05, 0.1) is 0 Å². The molecule has 0 spiro atoms. The maximum absolute atomic E-state index is 13.6. The number of piperidine rings is 1. The largest absolute Gasteiger partial charge is 0.356 e. The molecule has 1 unspecified atom stereocenters. The molecule has 2 aliphatic heterocycles. The van der Waals surface area contributed by atoms with E-state index in [1.165, 1.54) is 6.07 Å². The Bertz CT molecular complexity index is 1000. The fourth-order valence-electron chi connectivity index (χ4n) is 4.60. The molecule has 3 heterocycles. The molecule has 2 bridgehead atoms. The molecule has 1 aromatic heterocycles. The highest BCUT2D eigenvalue weighted by atomic mass is 19.1. The first kappa shape index (κ1) is 20.3. The zero-order valence-corrected chi connectivity index (χ0v) is 16.9. The fourth-order valence-corrected chi connectivity index (χ4v) is 4.60. The second-order valence-corrected chi connectivity index (χ2v) is 8.19. The molecule has 2 aliphatic rings. The van der Waals surface area contributed by atoms with E-state index in [0.29, 0.717) is 38.2 Å². The van der Waals surface area contributed by atoms with Crippen LogP contribution in [0.3, 0.4) is 0 Å². The van der Waals surface area contributed by atoms with Gasteiger partial charge in [0.15, 0.2) is 0 Å². The van der Waals surface area contributed by atoms with Crippen molar-refractivity contribution in [2.24, 2.45) is 5.92 Å². The number of halogens is 1. The minimum atomic E-state index is -0.276. The third kappa shape index (κ3) is 4.45. The van der Waals surface area contributed by atoms with Gasteiger partial charge in [0, 0.05) is 56.7 Å². The molecule has 2 aromatic rings. The first-order chi connectivity index (χ1) is 14.5. The number of amides is 2. The van der Waals surface area contributed by atoms with E-state index in [2.05, 4.69) is 5.32 Å². The molecule has 0 radical (unpaired) electrons. The zero-order valence-electron chi connectivity index (χ0n) is 16.9. The van der Waals surface area contributed by atoms with Crippen LogP contribution in [-0.4, -0.2) is 40.9 Å². The second kappa shape index (κ2) is 8.81. The number of carbonyl (C=O) groups is 2. The lowest BCUT2D eigenvalue weighted by molar-refractivity contribution is -0.136. The van der Waals surface area contributed by atoms with Gasteiger partial charge in [0.25, 0.3) is 5.56 Å². The van der Waals surface area contributed by atoms with Crippen molar-refractivity contribution in [2.75, 3.05) is 19.6 Å². The molecule has 0 saturated carbocycles. The van der Waals surface area contributed by atoms with Gasteiger partial charge in [-0.2, -0.15) is 0 Å². The van der Waals surface area contributed by atoms with Crippen LogP contribution in [0.4, 0.5) is 4.39 Å². The predicted octanol–water partition coefficient (Wildman–Crippen LogP) is 2.07. The number of aromatic nitrogens is 1. The predicted molar refractivity (Wildman–Crippen MR) is 110 cm³/mol. The molecule has 30 heavy (non-hydrogen) atoms. The summed E-state index contributed by atoms with van der Waals surface area (Å²) in [5.74, 6) is -0.0595. The minimum Gasteiger partial charge on any atom is -0.356 e. The lowest BCUT2D eigenvalue weighted by Gasteiger charge is -2.42. The summed E-state index contributed by atoms with van der Waals surface area (Å²) in [6.07, 6.45) is 1.69. The monoisotopic (exact) mass is 411 g/mol. The van der Waals surface area contributed by atoms with Crippen LogP contribution >= 0.6 is 0 Å². The molecule has 0 aliphatic carbocycles. The Labute approximate surface area is 174 Å². The number of carbonyl (C=O) groups excluding carboxylic acids is 2. The third-order valence-corrected chi connectivity index (χ3v) is 6.07. The van der Waals surface area contributed by atoms with E-state index in [-0.39, 0.29) is 47.9 Å². The summed E-state index contributed by atoms with van der Waals surface area (Å²) < 4.78 is 15.4. The van der Waals surface area contributed by atoms with Crippen molar-refractivity contribution in [2.45, 2.75) is 38.1 Å². The Hall–Kier alpha value is -2.96. The Morgan fingerprint density at radius 3 is 2.70 bits per heavy atom. The van der Waals surface area contributed by atoms with Gasteiger partial charge in [-0.25, -0.2) is 4.39 Å². The highest BCUT2D eigenvalue weighted by Gasteiger charge is 2.36. The smallest absolute Gasteiger partial charge is 0.250 e. The van der Waals surface area contributed by atoms with Crippen molar-refractivity contribution in [1.82, 2.24) is 14.8 Å². The number of nitrogens with one attached hydrogen (secondary N) is 1. The van der Waals surface area contributed by atoms with Crippen LogP contribution in [0.2, 0.25) is 0 Å². The number of benzene rings is 1. The quantitative estimate of drug-likeness (QED) is 0.791. The van der Waals surface area contributed by atoms with Gasteiger partial charge >= 0.3 is 0 Å². The van der Waals surface area contributed by atoms with E-state index in [0.717, 1.165) is 12.1 Å². The van der Waals surface area contributed by atoms with E-state index in [1.807, 2.05) is 15.5 Å². The van der Waals surface area contributed by atoms with Crippen molar-refractivity contribution in [3.63, 3.8) is 0 Å². The van der Waals surface area contributed by atoms with Crippen LogP contribution in [0, 0.1) is 11.7 Å². The van der Waals surface area contributed by atoms with Crippen LogP contribution < -0.4 is 10.9 Å². The molecule has 7 heteroatoms. The van der Waals surface area contributed by atoms with Gasteiger partial charge in [0.1, 0.15) is 5.82 Å². The minimum absolute atomic E-state index is 0.0223. The molecular weight excluding hydrogens is 385 g/mol. The summed E-state index contributed by atoms with van der Waals surface area (Å²) in [5, 5.41) is 2.76. The Morgan fingerprint density at radius 1 is 1.03 bits per heavy atom. The van der Waals surface area contributed by atoms with E-state index in [1.54, 1.807) is 30.3 Å². The number of hydrogen-bond acceptors (Lipinski definition) is 3. The van der Waals surface area contributed by atoms with Crippen LogP contribution in [0.1, 0.15) is 36.4 Å². The maximum Gasteiger partial charge on any atom is 0.250 e. The number of fused-ring (bicyclic) bond motifs is 4. The summed E-state index contributed by atoms with van der Waals surface area (Å²) in [5.41, 5.74) is 1.59. The average Bonchev–Trinajstić information content (AvgIpc) is 2.74. The Morgan fingerprint density at radius 2 is 1.87 bits per heavy atom. The summed E-state index contributed by atoms with van der Waals surface area (Å²) in [7, 11) is 0. The van der Waals surface area contributed by atoms with E-state index >= 15 is 0 Å². The molecule has 158 valence electrons. The lowest BCUT2D eigenvalue weighted by atomic mass is 9.83. The molecule has 4 rings (SSSR count). The van der Waals surface area contributed by atoms with E-state index in [9.17, 15) is 18.8 Å². The lowest BCUT2D eigenvalue weighted by Crippen LogP contribution is -2.49. The number of likely N-dealkylation sites (tertiary alicyclic amines) is 1. The highest BCUT2D eigenvalue weighted by molar-refractivity contribution is 5.83. The molecule has 1 N–H and O–H groups in total. The highest BCUT2D eigenvalue weighted by Crippen LogP contribution is 2.35. The molecule has 2 amide bonds. The van der Waals surface area contributed by atoms with Crippen LogP contribution in [0.5, 0.6) is 0 Å². The van der Waals surface area contributed by atoms with Crippen LogP contribution in [-0.2, 0) is 22.6 Å². The van der Waals surface area contributed by atoms with Crippen molar-refractivity contribution >= 4 is 11.8 Å². The molecular formula is C23H26FN3O3. The van der Waals surface area contributed by atoms with Crippen LogP contribution in [0.25, 0.3) is 0 Å². The topological polar surface area (TPSA) is 71.4 Å². The van der Waals surface area contributed by atoms with Crippen molar-refractivity contribution in [3.05, 3.63) is 69.9 Å². The van der Waals surface area contributed by atoms with Crippen molar-refractivity contribution in [3.8, 4) is 0 Å². The standard InChI is InChI=1S/C23H26FN3O3/c24-19-5-2-1-4-17(19)10-11-25-21(28)8-9-22(29)26-13-16-12-18(15-26)20-6-3-7-23(30)27(20)14-16/h1-7,16,18H,8-15H2,(H,25,28)/t16-,18?/m0/s1. The summed E-state index contributed by atoms with van der Waals surface area (Å²) in [6.45, 7) is 2.21. The first-order valence-electron chi connectivity index (χ1n) is 10.5. The number of rotatable bonds is 6. The average molecular weight is 411 g/mol. The SMILES string of the molecule is O=C(CCC(=O)N1CC2C[C@@H](C1)Cn1c2cccc1=O)NCCc1ccccc1F. The fraction of sp³-hybridized carbons (Fsp3) is 0.435. The summed E-state index contributed by atoms with van der Waals surface area (Å²) in [6, 6.07) is 11.8. The maximum atomic E-state index is 13.6. The van der Waals surface area contributed by atoms with Crippen LogP contribution in [0.15, 0.2) is 47.3 Å². The summed E-state index contributed by atoms with van der Waals surface area (Å²) >= 11 is 0. The summed E-state index contributed by atoms with van der Waals surface area (Å²) in [4.78, 5) is 38.7. The molecule has 1 fully saturated rings. The van der Waals surface area contributed by atoms with Gasteiger partial charge in [-0.05, 0) is 36.5 Å².